The van der Waals surface area contributed by atoms with Crippen LogP contribution in [0.5, 0.6) is 0 Å². The normalized spacial score (nSPS) is 17.3. The highest BCUT2D eigenvalue weighted by atomic mass is 15.1. The Kier molecular flexibility index (Phi) is 4.98. The summed E-state index contributed by atoms with van der Waals surface area (Å²) in [6.07, 6.45) is 3.28. The van der Waals surface area contributed by atoms with Crippen LogP contribution in [0.3, 0.4) is 0 Å². The van der Waals surface area contributed by atoms with Crippen LogP contribution in [0.15, 0.2) is 121 Å². The Morgan fingerprint density at radius 3 is 0.933 bits per heavy atom. The first-order valence-electron chi connectivity index (χ1n) is 10.8. The smallest absolute Gasteiger partial charge is 0.0699 e. The van der Waals surface area contributed by atoms with Gasteiger partial charge in [0.2, 0.25) is 0 Å². The van der Waals surface area contributed by atoms with Crippen molar-refractivity contribution < 1.29 is 0 Å². The maximum Gasteiger partial charge on any atom is 0.0699 e. The predicted octanol–water partition coefficient (Wildman–Crippen LogP) is 6.65. The molecule has 0 radical (unpaired) electrons. The molecule has 4 aromatic rings. The Labute approximate surface area is 179 Å². The van der Waals surface area contributed by atoms with Crippen LogP contribution in [-0.4, -0.2) is 0 Å². The molecule has 1 nitrogen and oxygen atoms in total. The SMILES string of the molecule is c1ccc(C2(c3ccccc3)CCCC(c3ccccc3)(c3ccccc3)N2)cc1. The first-order chi connectivity index (χ1) is 14.8. The molecule has 1 aliphatic heterocycles. The third kappa shape index (κ3) is 3.16. The van der Waals surface area contributed by atoms with Crippen molar-refractivity contribution in [2.75, 3.05) is 0 Å². The third-order valence-electron chi connectivity index (χ3n) is 6.60. The van der Waals surface area contributed by atoms with Crippen molar-refractivity contribution in [2.24, 2.45) is 0 Å². The summed E-state index contributed by atoms with van der Waals surface area (Å²) in [7, 11) is 0. The molecule has 1 heteroatoms. The topological polar surface area (TPSA) is 12.0 Å². The summed E-state index contributed by atoms with van der Waals surface area (Å²) in [5, 5.41) is 4.25. The highest BCUT2D eigenvalue weighted by molar-refractivity contribution is 5.46. The Bertz CT molecular complexity index is 904. The minimum atomic E-state index is -0.244. The van der Waals surface area contributed by atoms with Crippen molar-refractivity contribution in [3.63, 3.8) is 0 Å². The quantitative estimate of drug-likeness (QED) is 0.412. The van der Waals surface area contributed by atoms with Crippen LogP contribution in [0.1, 0.15) is 41.5 Å². The Hall–Kier alpha value is -3.16. The second kappa shape index (κ2) is 7.93. The van der Waals surface area contributed by atoms with Crippen molar-refractivity contribution >= 4 is 0 Å². The average molecular weight is 390 g/mol. The fourth-order valence-electron chi connectivity index (χ4n) is 5.20. The van der Waals surface area contributed by atoms with E-state index in [0.29, 0.717) is 0 Å². The number of hydrogen-bond acceptors (Lipinski definition) is 1. The van der Waals surface area contributed by atoms with Gasteiger partial charge in [0.25, 0.3) is 0 Å². The van der Waals surface area contributed by atoms with Gasteiger partial charge in [0, 0.05) is 0 Å². The number of nitrogens with one attached hydrogen (secondary N) is 1. The van der Waals surface area contributed by atoms with E-state index < -0.39 is 0 Å². The minimum Gasteiger partial charge on any atom is -0.290 e. The molecule has 1 heterocycles. The van der Waals surface area contributed by atoms with Gasteiger partial charge in [-0.3, -0.25) is 5.32 Å². The lowest BCUT2D eigenvalue weighted by molar-refractivity contribution is 0.187. The minimum absolute atomic E-state index is 0.244. The number of piperidine rings is 1. The lowest BCUT2D eigenvalue weighted by Crippen LogP contribution is -2.58. The molecule has 0 unspecified atom stereocenters. The highest BCUT2D eigenvalue weighted by Gasteiger charge is 2.47. The van der Waals surface area contributed by atoms with Gasteiger partial charge in [-0.25, -0.2) is 0 Å². The summed E-state index contributed by atoms with van der Waals surface area (Å²) < 4.78 is 0. The molecule has 0 spiro atoms. The van der Waals surface area contributed by atoms with Crippen molar-refractivity contribution in [1.82, 2.24) is 5.32 Å². The zero-order valence-corrected chi connectivity index (χ0v) is 17.2. The van der Waals surface area contributed by atoms with Gasteiger partial charge in [0.1, 0.15) is 0 Å². The Morgan fingerprint density at radius 2 is 0.667 bits per heavy atom. The van der Waals surface area contributed by atoms with Gasteiger partial charge >= 0.3 is 0 Å². The number of rotatable bonds is 4. The van der Waals surface area contributed by atoms with Crippen LogP contribution >= 0.6 is 0 Å². The molecule has 0 aromatic heterocycles. The van der Waals surface area contributed by atoms with E-state index in [1.165, 1.54) is 22.3 Å². The molecular formula is C29H27N. The summed E-state index contributed by atoms with van der Waals surface area (Å²) in [5.74, 6) is 0. The highest BCUT2D eigenvalue weighted by Crippen LogP contribution is 2.47. The van der Waals surface area contributed by atoms with E-state index in [4.69, 9.17) is 0 Å². The van der Waals surface area contributed by atoms with Crippen LogP contribution < -0.4 is 5.32 Å². The molecule has 0 atom stereocenters. The predicted molar refractivity (Wildman–Crippen MR) is 124 cm³/mol. The van der Waals surface area contributed by atoms with E-state index in [-0.39, 0.29) is 11.1 Å². The maximum atomic E-state index is 4.25. The van der Waals surface area contributed by atoms with Crippen molar-refractivity contribution in [1.29, 1.82) is 0 Å². The molecule has 0 saturated carbocycles. The fraction of sp³-hybridized carbons (Fsp3) is 0.172. The van der Waals surface area contributed by atoms with E-state index >= 15 is 0 Å². The summed E-state index contributed by atoms with van der Waals surface area (Å²) in [4.78, 5) is 0. The first-order valence-corrected chi connectivity index (χ1v) is 10.8. The molecule has 5 rings (SSSR count). The standard InChI is InChI=1S/C29H27N/c1-5-14-24(15-6-1)28(25-16-7-2-8-17-25)22-13-23-29(30-28,26-18-9-3-10-19-26)27-20-11-4-12-21-27/h1-12,14-21,30H,13,22-23H2. The lowest BCUT2D eigenvalue weighted by Gasteiger charge is -2.51. The Balaban J connectivity index is 1.74. The Morgan fingerprint density at radius 1 is 0.400 bits per heavy atom. The van der Waals surface area contributed by atoms with Crippen molar-refractivity contribution in [2.45, 2.75) is 30.3 Å². The van der Waals surface area contributed by atoms with Crippen LogP contribution in [0.2, 0.25) is 0 Å². The zero-order chi connectivity index (χ0) is 20.3. The number of hydrogen-bond donors (Lipinski definition) is 1. The lowest BCUT2D eigenvalue weighted by atomic mass is 9.67. The second-order valence-electron chi connectivity index (χ2n) is 8.25. The molecule has 148 valence electrons. The zero-order valence-electron chi connectivity index (χ0n) is 17.2. The van der Waals surface area contributed by atoms with E-state index in [0.717, 1.165) is 19.3 Å². The van der Waals surface area contributed by atoms with Gasteiger partial charge in [-0.05, 0) is 41.5 Å². The van der Waals surface area contributed by atoms with Gasteiger partial charge in [-0.2, -0.15) is 0 Å². The van der Waals surface area contributed by atoms with Gasteiger partial charge in [-0.1, -0.05) is 121 Å². The molecule has 0 bridgehead atoms. The fourth-order valence-corrected chi connectivity index (χ4v) is 5.20. The van der Waals surface area contributed by atoms with Crippen LogP contribution in [-0.2, 0) is 11.1 Å². The molecule has 0 amide bonds. The van der Waals surface area contributed by atoms with Gasteiger partial charge < -0.3 is 0 Å². The van der Waals surface area contributed by atoms with E-state index in [1.807, 2.05) is 0 Å². The molecule has 30 heavy (non-hydrogen) atoms. The van der Waals surface area contributed by atoms with Crippen molar-refractivity contribution in [3.8, 4) is 0 Å². The summed E-state index contributed by atoms with van der Waals surface area (Å²) in [5.41, 5.74) is 4.82. The average Bonchev–Trinajstić information content (AvgIpc) is 2.86. The summed E-state index contributed by atoms with van der Waals surface area (Å²) in [6.45, 7) is 0. The van der Waals surface area contributed by atoms with Crippen LogP contribution in [0.25, 0.3) is 0 Å². The summed E-state index contributed by atoms with van der Waals surface area (Å²) >= 11 is 0. The monoisotopic (exact) mass is 389 g/mol. The van der Waals surface area contributed by atoms with E-state index in [9.17, 15) is 0 Å². The second-order valence-corrected chi connectivity index (χ2v) is 8.25. The molecule has 0 aliphatic carbocycles. The molecule has 1 N–H and O–H groups in total. The summed E-state index contributed by atoms with van der Waals surface area (Å²) in [6, 6.07) is 43.8. The maximum absolute atomic E-state index is 4.25. The molecule has 1 aliphatic rings. The molecule has 1 fully saturated rings. The van der Waals surface area contributed by atoms with Gasteiger partial charge in [0.05, 0.1) is 11.1 Å². The first kappa shape index (κ1) is 18.8. The van der Waals surface area contributed by atoms with Gasteiger partial charge in [0.15, 0.2) is 0 Å². The van der Waals surface area contributed by atoms with E-state index in [1.54, 1.807) is 0 Å². The van der Waals surface area contributed by atoms with E-state index in [2.05, 4.69) is 127 Å². The molecule has 4 aromatic carbocycles. The molecule has 1 saturated heterocycles. The molecular weight excluding hydrogens is 362 g/mol. The van der Waals surface area contributed by atoms with Crippen molar-refractivity contribution in [3.05, 3.63) is 144 Å². The van der Waals surface area contributed by atoms with Gasteiger partial charge in [-0.15, -0.1) is 0 Å². The van der Waals surface area contributed by atoms with Crippen LogP contribution in [0, 0.1) is 0 Å². The van der Waals surface area contributed by atoms with Crippen LogP contribution in [0.4, 0.5) is 0 Å². The third-order valence-corrected chi connectivity index (χ3v) is 6.60. The largest absolute Gasteiger partial charge is 0.290 e. The number of benzene rings is 4.